The van der Waals surface area contributed by atoms with Gasteiger partial charge in [-0.25, -0.2) is 4.98 Å². The molecule has 1 aromatic carbocycles. The zero-order valence-corrected chi connectivity index (χ0v) is 9.09. The van der Waals surface area contributed by atoms with Crippen LogP contribution in [0.5, 0.6) is 0 Å². The Bertz CT molecular complexity index is 624. The first kappa shape index (κ1) is 9.16. The standard InChI is InChI=1S/C14H12N2/c1-11-9-15-14-8-7-13(10-16(11)14)12-5-3-2-4-6-12/h2-10H,1H3. The van der Waals surface area contributed by atoms with Crippen LogP contribution < -0.4 is 0 Å². The van der Waals surface area contributed by atoms with Crippen LogP contribution in [-0.2, 0) is 0 Å². The average Bonchev–Trinajstić information content (AvgIpc) is 2.72. The van der Waals surface area contributed by atoms with Gasteiger partial charge < -0.3 is 4.40 Å². The normalized spacial score (nSPS) is 10.8. The number of aryl methyl sites for hydroxylation is 1. The van der Waals surface area contributed by atoms with Gasteiger partial charge in [0.15, 0.2) is 0 Å². The molecule has 0 unspecified atom stereocenters. The van der Waals surface area contributed by atoms with Crippen LogP contribution in [0.2, 0.25) is 0 Å². The second-order valence-electron chi connectivity index (χ2n) is 3.91. The molecule has 3 aromatic rings. The van der Waals surface area contributed by atoms with Crippen LogP contribution >= 0.6 is 0 Å². The van der Waals surface area contributed by atoms with E-state index in [2.05, 4.69) is 58.9 Å². The lowest BCUT2D eigenvalue weighted by atomic mass is 10.1. The molecule has 2 heteroatoms. The molecule has 0 atom stereocenters. The summed E-state index contributed by atoms with van der Waals surface area (Å²) in [6, 6.07) is 14.5. The summed E-state index contributed by atoms with van der Waals surface area (Å²) in [5.74, 6) is 0. The molecule has 2 aromatic heterocycles. The van der Waals surface area contributed by atoms with Crippen LogP contribution in [0, 0.1) is 6.92 Å². The second kappa shape index (κ2) is 3.49. The first-order valence-electron chi connectivity index (χ1n) is 5.34. The van der Waals surface area contributed by atoms with Crippen molar-refractivity contribution in [1.82, 2.24) is 9.38 Å². The van der Waals surface area contributed by atoms with Gasteiger partial charge in [0.2, 0.25) is 0 Å². The van der Waals surface area contributed by atoms with Crippen molar-refractivity contribution in [2.75, 3.05) is 0 Å². The van der Waals surface area contributed by atoms with E-state index >= 15 is 0 Å². The monoisotopic (exact) mass is 208 g/mol. The number of imidazole rings is 1. The molecule has 0 amide bonds. The van der Waals surface area contributed by atoms with Crippen LogP contribution in [-0.4, -0.2) is 9.38 Å². The smallest absolute Gasteiger partial charge is 0.136 e. The molecule has 0 aliphatic rings. The first-order chi connectivity index (χ1) is 7.84. The molecule has 2 nitrogen and oxygen atoms in total. The molecule has 0 aliphatic heterocycles. The summed E-state index contributed by atoms with van der Waals surface area (Å²) in [5, 5.41) is 0. The summed E-state index contributed by atoms with van der Waals surface area (Å²) in [5.41, 5.74) is 4.61. The van der Waals surface area contributed by atoms with Gasteiger partial charge in [-0.3, -0.25) is 0 Å². The number of fused-ring (bicyclic) bond motifs is 1. The molecule has 0 bridgehead atoms. The quantitative estimate of drug-likeness (QED) is 0.599. The summed E-state index contributed by atoms with van der Waals surface area (Å²) < 4.78 is 2.11. The fourth-order valence-electron chi connectivity index (χ4n) is 1.90. The lowest BCUT2D eigenvalue weighted by molar-refractivity contribution is 1.11. The summed E-state index contributed by atoms with van der Waals surface area (Å²) in [6.45, 7) is 2.06. The van der Waals surface area contributed by atoms with Crippen LogP contribution in [0.4, 0.5) is 0 Å². The van der Waals surface area contributed by atoms with Gasteiger partial charge in [-0.1, -0.05) is 30.3 Å². The summed E-state index contributed by atoms with van der Waals surface area (Å²) in [4.78, 5) is 4.32. The number of aromatic nitrogens is 2. The summed E-state index contributed by atoms with van der Waals surface area (Å²) in [7, 11) is 0. The SMILES string of the molecule is Cc1cnc2ccc(-c3ccccc3)cn12. The van der Waals surface area contributed by atoms with Crippen LogP contribution in [0.1, 0.15) is 5.69 Å². The molecule has 16 heavy (non-hydrogen) atoms. The van der Waals surface area contributed by atoms with E-state index in [-0.39, 0.29) is 0 Å². The van der Waals surface area contributed by atoms with E-state index < -0.39 is 0 Å². The highest BCUT2D eigenvalue weighted by molar-refractivity contribution is 5.64. The van der Waals surface area contributed by atoms with Crippen molar-refractivity contribution >= 4 is 5.65 Å². The lowest BCUT2D eigenvalue weighted by Gasteiger charge is -2.03. The molecule has 2 heterocycles. The van der Waals surface area contributed by atoms with E-state index in [4.69, 9.17) is 0 Å². The average molecular weight is 208 g/mol. The van der Waals surface area contributed by atoms with E-state index in [1.807, 2.05) is 12.3 Å². The van der Waals surface area contributed by atoms with Crippen molar-refractivity contribution < 1.29 is 0 Å². The number of nitrogens with zero attached hydrogens (tertiary/aromatic N) is 2. The molecule has 0 aliphatic carbocycles. The zero-order chi connectivity index (χ0) is 11.0. The lowest BCUT2D eigenvalue weighted by Crippen LogP contribution is -1.88. The number of hydrogen-bond donors (Lipinski definition) is 0. The molecule has 0 fully saturated rings. The molecule has 0 N–H and O–H groups in total. The number of benzene rings is 1. The van der Waals surface area contributed by atoms with E-state index in [1.54, 1.807) is 0 Å². The van der Waals surface area contributed by atoms with Crippen molar-refractivity contribution in [3.63, 3.8) is 0 Å². The Morgan fingerprint density at radius 2 is 1.75 bits per heavy atom. The largest absolute Gasteiger partial charge is 0.304 e. The Morgan fingerprint density at radius 3 is 2.56 bits per heavy atom. The van der Waals surface area contributed by atoms with Crippen LogP contribution in [0.25, 0.3) is 16.8 Å². The minimum absolute atomic E-state index is 0.997. The van der Waals surface area contributed by atoms with Gasteiger partial charge in [0.25, 0.3) is 0 Å². The van der Waals surface area contributed by atoms with Crippen molar-refractivity contribution in [1.29, 1.82) is 0 Å². The number of pyridine rings is 1. The first-order valence-corrected chi connectivity index (χ1v) is 5.34. The molecular weight excluding hydrogens is 196 g/mol. The van der Waals surface area contributed by atoms with Gasteiger partial charge in [-0.2, -0.15) is 0 Å². The molecule has 0 radical (unpaired) electrons. The van der Waals surface area contributed by atoms with Crippen molar-refractivity contribution in [2.45, 2.75) is 6.92 Å². The molecule has 0 saturated heterocycles. The Balaban J connectivity index is 2.22. The Hall–Kier alpha value is -2.09. The predicted molar refractivity (Wildman–Crippen MR) is 65.4 cm³/mol. The van der Waals surface area contributed by atoms with Gasteiger partial charge in [0.05, 0.1) is 0 Å². The van der Waals surface area contributed by atoms with Gasteiger partial charge in [0, 0.05) is 18.1 Å². The fraction of sp³-hybridized carbons (Fsp3) is 0.0714. The maximum absolute atomic E-state index is 4.32. The maximum atomic E-state index is 4.32. The third-order valence-corrected chi connectivity index (χ3v) is 2.80. The third kappa shape index (κ3) is 1.39. The third-order valence-electron chi connectivity index (χ3n) is 2.80. The van der Waals surface area contributed by atoms with Gasteiger partial charge in [0.1, 0.15) is 5.65 Å². The summed E-state index contributed by atoms with van der Waals surface area (Å²) in [6.07, 6.45) is 4.02. The van der Waals surface area contributed by atoms with Crippen LogP contribution in [0.3, 0.4) is 0 Å². The maximum Gasteiger partial charge on any atom is 0.136 e. The highest BCUT2D eigenvalue weighted by atomic mass is 15.0. The minimum atomic E-state index is 0.997. The Kier molecular flexibility index (Phi) is 2.00. The molecule has 3 rings (SSSR count). The van der Waals surface area contributed by atoms with Gasteiger partial charge in [-0.15, -0.1) is 0 Å². The van der Waals surface area contributed by atoms with E-state index in [9.17, 15) is 0 Å². The van der Waals surface area contributed by atoms with Crippen LogP contribution in [0.15, 0.2) is 54.9 Å². The number of rotatable bonds is 1. The van der Waals surface area contributed by atoms with Gasteiger partial charge >= 0.3 is 0 Å². The van der Waals surface area contributed by atoms with E-state index in [0.717, 1.165) is 11.3 Å². The second-order valence-corrected chi connectivity index (χ2v) is 3.91. The van der Waals surface area contributed by atoms with Crippen molar-refractivity contribution in [2.24, 2.45) is 0 Å². The predicted octanol–water partition coefficient (Wildman–Crippen LogP) is 3.31. The Morgan fingerprint density at radius 1 is 0.938 bits per heavy atom. The van der Waals surface area contributed by atoms with E-state index in [0.29, 0.717) is 0 Å². The summed E-state index contributed by atoms with van der Waals surface area (Å²) >= 11 is 0. The molecule has 78 valence electrons. The Labute approximate surface area is 94.2 Å². The highest BCUT2D eigenvalue weighted by Crippen LogP contribution is 2.19. The molecular formula is C14H12N2. The molecule has 0 spiro atoms. The minimum Gasteiger partial charge on any atom is -0.304 e. The molecule has 0 saturated carbocycles. The zero-order valence-electron chi connectivity index (χ0n) is 9.09. The van der Waals surface area contributed by atoms with E-state index in [1.165, 1.54) is 11.1 Å². The van der Waals surface area contributed by atoms with Gasteiger partial charge in [-0.05, 0) is 30.2 Å². The number of hydrogen-bond acceptors (Lipinski definition) is 1. The topological polar surface area (TPSA) is 17.3 Å². The fourth-order valence-corrected chi connectivity index (χ4v) is 1.90. The van der Waals surface area contributed by atoms with Crippen molar-refractivity contribution in [3.8, 4) is 11.1 Å². The highest BCUT2D eigenvalue weighted by Gasteiger charge is 2.01. The van der Waals surface area contributed by atoms with Crippen molar-refractivity contribution in [3.05, 3.63) is 60.6 Å².